The topological polar surface area (TPSA) is 64.0 Å². The number of benzene rings is 1. The second kappa shape index (κ2) is 7.81. The number of nitrogens with one attached hydrogen (secondary N) is 1. The molecular weight excluding hydrogens is 466 g/mol. The first-order valence-corrected chi connectivity index (χ1v) is 12.5. The Bertz CT molecular complexity index is 1240. The van der Waals surface area contributed by atoms with E-state index in [9.17, 15) is 26.0 Å². The van der Waals surface area contributed by atoms with Crippen molar-refractivity contribution >= 4 is 32.3 Å². The Morgan fingerprint density at radius 2 is 1.94 bits per heavy atom. The van der Waals surface area contributed by atoms with Crippen LogP contribution in [0.5, 0.6) is 0 Å². The Labute approximate surface area is 187 Å². The summed E-state index contributed by atoms with van der Waals surface area (Å²) in [6.07, 6.45) is -2.95. The summed E-state index contributed by atoms with van der Waals surface area (Å²) in [5.41, 5.74) is 1.90. The SMILES string of the molecule is CC(C)(C)Cn1cc([C@H](NS(=O)(=O)C2CC2)C(F)(F)F)c2cc(F)c(-c3cscn3)cc21. The van der Waals surface area contributed by atoms with Gasteiger partial charge < -0.3 is 4.57 Å². The van der Waals surface area contributed by atoms with Crippen molar-refractivity contribution in [2.24, 2.45) is 5.41 Å². The minimum atomic E-state index is -4.90. The molecule has 0 radical (unpaired) electrons. The molecule has 0 amide bonds. The molecule has 0 aliphatic heterocycles. The van der Waals surface area contributed by atoms with E-state index in [1.807, 2.05) is 25.5 Å². The van der Waals surface area contributed by atoms with Crippen LogP contribution in [0.4, 0.5) is 17.6 Å². The highest BCUT2D eigenvalue weighted by Crippen LogP contribution is 2.41. The molecule has 3 aromatic rings. The van der Waals surface area contributed by atoms with E-state index in [-0.39, 0.29) is 21.9 Å². The Morgan fingerprint density at radius 1 is 1.25 bits per heavy atom. The fourth-order valence-electron chi connectivity index (χ4n) is 3.70. The fraction of sp³-hybridized carbons (Fsp3) is 0.476. The van der Waals surface area contributed by atoms with E-state index in [1.54, 1.807) is 15.5 Å². The third-order valence-corrected chi connectivity index (χ3v) is 7.74. The zero-order valence-electron chi connectivity index (χ0n) is 17.7. The molecule has 1 fully saturated rings. The summed E-state index contributed by atoms with van der Waals surface area (Å²) in [5.74, 6) is -0.718. The van der Waals surface area contributed by atoms with Crippen LogP contribution in [0.25, 0.3) is 22.2 Å². The molecule has 1 atom stereocenters. The lowest BCUT2D eigenvalue weighted by Gasteiger charge is -2.22. The number of aromatic nitrogens is 2. The third-order valence-electron chi connectivity index (χ3n) is 5.24. The number of hydrogen-bond donors (Lipinski definition) is 1. The van der Waals surface area contributed by atoms with E-state index in [1.165, 1.54) is 23.6 Å². The van der Waals surface area contributed by atoms with Gasteiger partial charge in [0.15, 0.2) is 0 Å². The number of sulfonamides is 1. The van der Waals surface area contributed by atoms with Crippen molar-refractivity contribution in [2.75, 3.05) is 0 Å². The number of rotatable bonds is 6. The first-order chi connectivity index (χ1) is 14.8. The molecule has 0 bridgehead atoms. The molecule has 0 saturated heterocycles. The average molecular weight is 490 g/mol. The molecule has 1 aromatic carbocycles. The average Bonchev–Trinajstić information content (AvgIpc) is 3.29. The highest BCUT2D eigenvalue weighted by Gasteiger charge is 2.47. The number of fused-ring (bicyclic) bond motifs is 1. The molecule has 5 nitrogen and oxygen atoms in total. The van der Waals surface area contributed by atoms with Crippen LogP contribution in [0.1, 0.15) is 45.2 Å². The molecule has 32 heavy (non-hydrogen) atoms. The summed E-state index contributed by atoms with van der Waals surface area (Å²) in [6.45, 7) is 6.15. The third kappa shape index (κ3) is 4.69. The molecule has 2 heterocycles. The van der Waals surface area contributed by atoms with Gasteiger partial charge in [-0.3, -0.25) is 0 Å². The molecule has 0 unspecified atom stereocenters. The second-order valence-corrected chi connectivity index (χ2v) is 12.0. The molecule has 1 aliphatic rings. The van der Waals surface area contributed by atoms with Gasteiger partial charge in [-0.15, -0.1) is 11.3 Å². The summed E-state index contributed by atoms with van der Waals surface area (Å²) in [5, 5.41) is 0.861. The number of nitrogens with zero attached hydrogens (tertiary/aromatic N) is 2. The van der Waals surface area contributed by atoms with Gasteiger partial charge in [-0.2, -0.15) is 17.9 Å². The standard InChI is InChI=1S/C21H23F4N3O2S2/c1-20(2,3)10-28-8-15(19(21(23,24)25)27-32(29,30)12-4-5-12)13-6-16(22)14(7-18(13)28)17-9-31-11-26-17/h6-9,11-12,19,27H,4-5,10H2,1-3H3/t19-/m0/s1. The van der Waals surface area contributed by atoms with Gasteiger partial charge in [-0.25, -0.2) is 17.8 Å². The maximum atomic E-state index is 15.0. The number of halogens is 4. The molecule has 2 aromatic heterocycles. The fourth-order valence-corrected chi connectivity index (χ4v) is 5.79. The van der Waals surface area contributed by atoms with Crippen molar-refractivity contribution in [3.05, 3.63) is 40.6 Å². The van der Waals surface area contributed by atoms with Crippen LogP contribution in [0, 0.1) is 11.2 Å². The molecule has 174 valence electrons. The van der Waals surface area contributed by atoms with Crippen molar-refractivity contribution in [3.63, 3.8) is 0 Å². The monoisotopic (exact) mass is 489 g/mol. The Kier molecular flexibility index (Phi) is 5.66. The van der Waals surface area contributed by atoms with E-state index in [4.69, 9.17) is 0 Å². The lowest BCUT2D eigenvalue weighted by molar-refractivity contribution is -0.152. The van der Waals surface area contributed by atoms with Gasteiger partial charge in [-0.1, -0.05) is 20.8 Å². The molecule has 4 rings (SSSR count). The van der Waals surface area contributed by atoms with E-state index < -0.39 is 33.3 Å². The first kappa shape index (κ1) is 23.2. The highest BCUT2D eigenvalue weighted by molar-refractivity contribution is 7.90. The Balaban J connectivity index is 1.92. The molecule has 1 N–H and O–H groups in total. The van der Waals surface area contributed by atoms with Crippen LogP contribution in [-0.4, -0.2) is 29.4 Å². The van der Waals surface area contributed by atoms with Gasteiger partial charge >= 0.3 is 6.18 Å². The summed E-state index contributed by atoms with van der Waals surface area (Å²) >= 11 is 1.28. The molecule has 11 heteroatoms. The zero-order valence-corrected chi connectivity index (χ0v) is 19.3. The maximum absolute atomic E-state index is 15.0. The minimum Gasteiger partial charge on any atom is -0.347 e. The van der Waals surface area contributed by atoms with Crippen molar-refractivity contribution in [1.82, 2.24) is 14.3 Å². The molecule has 1 aliphatic carbocycles. The van der Waals surface area contributed by atoms with Gasteiger partial charge in [0.2, 0.25) is 10.0 Å². The number of alkyl halides is 3. The van der Waals surface area contributed by atoms with Crippen molar-refractivity contribution < 1.29 is 26.0 Å². The van der Waals surface area contributed by atoms with Gasteiger partial charge in [0, 0.05) is 40.2 Å². The quantitative estimate of drug-likeness (QED) is 0.456. The van der Waals surface area contributed by atoms with E-state index >= 15 is 0 Å². The smallest absolute Gasteiger partial charge is 0.347 e. The Hall–Kier alpha value is -1.98. The Morgan fingerprint density at radius 3 is 2.47 bits per heavy atom. The van der Waals surface area contributed by atoms with Gasteiger partial charge in [0.1, 0.15) is 11.9 Å². The van der Waals surface area contributed by atoms with Crippen LogP contribution in [0.3, 0.4) is 0 Å². The summed E-state index contributed by atoms with van der Waals surface area (Å²) < 4.78 is 85.4. The summed E-state index contributed by atoms with van der Waals surface area (Å²) in [4.78, 5) is 4.11. The van der Waals surface area contributed by atoms with Crippen LogP contribution in [0.2, 0.25) is 0 Å². The van der Waals surface area contributed by atoms with Gasteiger partial charge in [0.25, 0.3) is 0 Å². The van der Waals surface area contributed by atoms with Crippen molar-refractivity contribution in [1.29, 1.82) is 0 Å². The predicted octanol–water partition coefficient (Wildman–Crippen LogP) is 5.64. The summed E-state index contributed by atoms with van der Waals surface area (Å²) in [7, 11) is -4.15. The number of thiazole rings is 1. The number of hydrogen-bond acceptors (Lipinski definition) is 4. The van der Waals surface area contributed by atoms with Gasteiger partial charge in [0.05, 0.1) is 16.5 Å². The van der Waals surface area contributed by atoms with Crippen molar-refractivity contribution in [3.8, 4) is 11.3 Å². The molecule has 0 spiro atoms. The normalized spacial score (nSPS) is 16.6. The van der Waals surface area contributed by atoms with E-state index in [0.29, 0.717) is 30.6 Å². The van der Waals surface area contributed by atoms with Crippen LogP contribution in [-0.2, 0) is 16.6 Å². The second-order valence-electron chi connectivity index (χ2n) is 9.33. The van der Waals surface area contributed by atoms with Crippen LogP contribution in [0.15, 0.2) is 29.2 Å². The van der Waals surface area contributed by atoms with Gasteiger partial charge in [-0.05, 0) is 30.4 Å². The highest BCUT2D eigenvalue weighted by atomic mass is 32.2. The summed E-state index contributed by atoms with van der Waals surface area (Å²) in [6, 6.07) is 0.0572. The zero-order chi connectivity index (χ0) is 23.5. The molecular formula is C21H23F4N3O2S2. The van der Waals surface area contributed by atoms with E-state index in [0.717, 1.165) is 6.07 Å². The van der Waals surface area contributed by atoms with E-state index in [2.05, 4.69) is 4.98 Å². The largest absolute Gasteiger partial charge is 0.408 e. The lowest BCUT2D eigenvalue weighted by Crippen LogP contribution is -2.39. The minimum absolute atomic E-state index is 0.0200. The lowest BCUT2D eigenvalue weighted by atomic mass is 9.97. The first-order valence-electron chi connectivity index (χ1n) is 10.0. The van der Waals surface area contributed by atoms with Crippen LogP contribution >= 0.6 is 11.3 Å². The molecule has 1 saturated carbocycles. The maximum Gasteiger partial charge on any atom is 0.408 e. The predicted molar refractivity (Wildman–Crippen MR) is 116 cm³/mol. The van der Waals surface area contributed by atoms with Crippen molar-refractivity contribution in [2.45, 2.75) is 57.6 Å². The van der Waals surface area contributed by atoms with Crippen LogP contribution < -0.4 is 4.72 Å².